The first-order valence-electron chi connectivity index (χ1n) is 8.82. The molecule has 8 nitrogen and oxygen atoms in total. The average Bonchev–Trinajstić information content (AvgIpc) is 3.24. The van der Waals surface area contributed by atoms with Crippen LogP contribution in [0.3, 0.4) is 0 Å². The lowest BCUT2D eigenvalue weighted by atomic mass is 9.88. The van der Waals surface area contributed by atoms with Crippen LogP contribution in [-0.4, -0.2) is 34.6 Å². The van der Waals surface area contributed by atoms with Crippen LogP contribution in [0.2, 0.25) is 0 Å². The summed E-state index contributed by atoms with van der Waals surface area (Å²) < 4.78 is 23.4. The Kier molecular flexibility index (Phi) is 4.29. The lowest BCUT2D eigenvalue weighted by molar-refractivity contribution is 0.266. The summed E-state index contributed by atoms with van der Waals surface area (Å²) in [5, 5.41) is 17.0. The molecular formula is C19H20FN7O. The normalized spacial score (nSPS) is 11.9. The Labute approximate surface area is 161 Å². The third-order valence-corrected chi connectivity index (χ3v) is 4.43. The molecule has 0 saturated carbocycles. The summed E-state index contributed by atoms with van der Waals surface area (Å²) in [6.45, 7) is 6.38. The molecule has 3 aromatic heterocycles. The van der Waals surface area contributed by atoms with Gasteiger partial charge >= 0.3 is 0 Å². The third-order valence-electron chi connectivity index (χ3n) is 4.43. The van der Waals surface area contributed by atoms with Gasteiger partial charge in [-0.2, -0.15) is 9.61 Å². The SMILES string of the molecule is Cn1ncnc1COc1nn2c(-c3ccccc3F)nnc2cc1C(C)(C)C. The van der Waals surface area contributed by atoms with Gasteiger partial charge in [0.05, 0.1) is 5.56 Å². The number of aryl methyl sites for hydroxylation is 1. The van der Waals surface area contributed by atoms with Crippen LogP contribution < -0.4 is 4.74 Å². The summed E-state index contributed by atoms with van der Waals surface area (Å²) in [6, 6.07) is 8.27. The van der Waals surface area contributed by atoms with Gasteiger partial charge in [-0.1, -0.05) is 32.9 Å². The zero-order valence-electron chi connectivity index (χ0n) is 16.1. The maximum absolute atomic E-state index is 14.3. The highest BCUT2D eigenvalue weighted by molar-refractivity contribution is 5.60. The van der Waals surface area contributed by atoms with Crippen molar-refractivity contribution in [3.63, 3.8) is 0 Å². The van der Waals surface area contributed by atoms with E-state index in [0.717, 1.165) is 5.56 Å². The topological polar surface area (TPSA) is 83.0 Å². The van der Waals surface area contributed by atoms with E-state index in [-0.39, 0.29) is 17.8 Å². The molecule has 0 aliphatic heterocycles. The van der Waals surface area contributed by atoms with E-state index in [0.29, 0.717) is 28.7 Å². The maximum atomic E-state index is 14.3. The highest BCUT2D eigenvalue weighted by Crippen LogP contribution is 2.32. The van der Waals surface area contributed by atoms with Crippen molar-refractivity contribution in [2.75, 3.05) is 0 Å². The molecule has 0 spiro atoms. The van der Waals surface area contributed by atoms with Crippen molar-refractivity contribution in [3.05, 3.63) is 53.9 Å². The number of benzene rings is 1. The average molecular weight is 381 g/mol. The van der Waals surface area contributed by atoms with E-state index in [4.69, 9.17) is 4.74 Å². The molecule has 0 saturated heterocycles. The molecule has 144 valence electrons. The fourth-order valence-corrected chi connectivity index (χ4v) is 2.85. The fourth-order valence-electron chi connectivity index (χ4n) is 2.85. The highest BCUT2D eigenvalue weighted by Gasteiger charge is 2.24. The Bertz CT molecular complexity index is 1140. The molecule has 3 heterocycles. The lowest BCUT2D eigenvalue weighted by Crippen LogP contribution is -2.17. The molecule has 0 unspecified atom stereocenters. The van der Waals surface area contributed by atoms with Crippen LogP contribution in [0, 0.1) is 5.82 Å². The van der Waals surface area contributed by atoms with Gasteiger partial charge in [0.15, 0.2) is 17.3 Å². The molecule has 1 aromatic carbocycles. The minimum absolute atomic E-state index is 0.204. The minimum Gasteiger partial charge on any atom is -0.468 e. The second-order valence-corrected chi connectivity index (χ2v) is 7.48. The van der Waals surface area contributed by atoms with E-state index in [1.807, 2.05) is 6.07 Å². The number of nitrogens with zero attached hydrogens (tertiary/aromatic N) is 7. The van der Waals surface area contributed by atoms with Crippen LogP contribution >= 0.6 is 0 Å². The number of ether oxygens (including phenoxy) is 1. The van der Waals surface area contributed by atoms with E-state index in [2.05, 4.69) is 46.1 Å². The van der Waals surface area contributed by atoms with Gasteiger partial charge in [0, 0.05) is 12.6 Å². The number of aromatic nitrogens is 7. The standard InChI is InChI=1S/C19H20FN7O/c1-19(2,3)13-9-15-23-24-17(12-7-5-6-8-14(12)20)27(15)25-18(13)28-10-16-21-11-22-26(16)4/h5-9,11H,10H2,1-4H3. The third kappa shape index (κ3) is 3.19. The molecule has 28 heavy (non-hydrogen) atoms. The van der Waals surface area contributed by atoms with Crippen molar-refractivity contribution in [2.24, 2.45) is 7.05 Å². The van der Waals surface area contributed by atoms with Crippen molar-refractivity contribution >= 4 is 5.65 Å². The lowest BCUT2D eigenvalue weighted by Gasteiger charge is -2.21. The van der Waals surface area contributed by atoms with Gasteiger partial charge in [0.2, 0.25) is 5.88 Å². The number of hydrogen-bond acceptors (Lipinski definition) is 6. The Balaban J connectivity index is 1.82. The van der Waals surface area contributed by atoms with E-state index in [1.54, 1.807) is 29.9 Å². The summed E-state index contributed by atoms with van der Waals surface area (Å²) >= 11 is 0. The number of rotatable bonds is 4. The predicted octanol–water partition coefficient (Wildman–Crippen LogP) is 2.94. The zero-order valence-corrected chi connectivity index (χ0v) is 16.1. The summed E-state index contributed by atoms with van der Waals surface area (Å²) in [4.78, 5) is 4.17. The molecule has 4 rings (SSSR count). The van der Waals surface area contributed by atoms with Crippen molar-refractivity contribution in [1.82, 2.24) is 34.6 Å². The molecule has 0 aliphatic carbocycles. The molecule has 0 bridgehead atoms. The van der Waals surface area contributed by atoms with Gasteiger partial charge < -0.3 is 4.74 Å². The summed E-state index contributed by atoms with van der Waals surface area (Å²) in [7, 11) is 1.79. The summed E-state index contributed by atoms with van der Waals surface area (Å²) in [5.74, 6) is 1.01. The molecule has 0 atom stereocenters. The van der Waals surface area contributed by atoms with Gasteiger partial charge in [-0.25, -0.2) is 9.37 Å². The van der Waals surface area contributed by atoms with E-state index in [1.165, 1.54) is 16.9 Å². The molecule has 0 fully saturated rings. The van der Waals surface area contributed by atoms with Gasteiger partial charge in [-0.05, 0) is 23.6 Å². The van der Waals surface area contributed by atoms with Crippen molar-refractivity contribution in [2.45, 2.75) is 32.8 Å². The minimum atomic E-state index is -0.389. The van der Waals surface area contributed by atoms with Crippen molar-refractivity contribution in [1.29, 1.82) is 0 Å². The molecule has 0 N–H and O–H groups in total. The summed E-state index contributed by atoms with van der Waals surface area (Å²) in [5.41, 5.74) is 1.47. The van der Waals surface area contributed by atoms with Gasteiger partial charge in [0.1, 0.15) is 18.8 Å². The van der Waals surface area contributed by atoms with Crippen LogP contribution in [0.1, 0.15) is 32.2 Å². The van der Waals surface area contributed by atoms with Crippen LogP contribution in [0.4, 0.5) is 4.39 Å². The predicted molar refractivity (Wildman–Crippen MR) is 100 cm³/mol. The number of fused-ring (bicyclic) bond motifs is 1. The van der Waals surface area contributed by atoms with Gasteiger partial charge in [0.25, 0.3) is 0 Å². The first-order chi connectivity index (χ1) is 13.3. The Morgan fingerprint density at radius 3 is 2.61 bits per heavy atom. The van der Waals surface area contributed by atoms with Crippen LogP contribution in [0.25, 0.3) is 17.0 Å². The summed E-state index contributed by atoms with van der Waals surface area (Å²) in [6.07, 6.45) is 1.47. The smallest absolute Gasteiger partial charge is 0.236 e. The largest absolute Gasteiger partial charge is 0.468 e. The fraction of sp³-hybridized carbons (Fsp3) is 0.316. The number of hydrogen-bond donors (Lipinski definition) is 0. The van der Waals surface area contributed by atoms with E-state index >= 15 is 0 Å². The van der Waals surface area contributed by atoms with Gasteiger partial charge in [-0.15, -0.1) is 15.3 Å². The Morgan fingerprint density at radius 2 is 1.93 bits per heavy atom. The first-order valence-corrected chi connectivity index (χ1v) is 8.82. The Hall–Kier alpha value is -3.36. The molecule has 0 aliphatic rings. The molecule has 9 heteroatoms. The Morgan fingerprint density at radius 1 is 1.14 bits per heavy atom. The first kappa shape index (κ1) is 18.0. The van der Waals surface area contributed by atoms with Gasteiger partial charge in [-0.3, -0.25) is 4.68 Å². The molecule has 4 aromatic rings. The van der Waals surface area contributed by atoms with E-state index < -0.39 is 0 Å². The molecule has 0 amide bonds. The van der Waals surface area contributed by atoms with Crippen LogP contribution in [-0.2, 0) is 19.1 Å². The molecular weight excluding hydrogens is 361 g/mol. The monoisotopic (exact) mass is 381 g/mol. The highest BCUT2D eigenvalue weighted by atomic mass is 19.1. The van der Waals surface area contributed by atoms with Crippen LogP contribution in [0.5, 0.6) is 5.88 Å². The van der Waals surface area contributed by atoms with Crippen LogP contribution in [0.15, 0.2) is 36.7 Å². The van der Waals surface area contributed by atoms with Crippen molar-refractivity contribution < 1.29 is 9.13 Å². The quantitative estimate of drug-likeness (QED) is 0.540. The second-order valence-electron chi connectivity index (χ2n) is 7.48. The zero-order chi connectivity index (χ0) is 19.9. The maximum Gasteiger partial charge on any atom is 0.236 e. The number of halogens is 1. The second kappa shape index (κ2) is 6.66. The van der Waals surface area contributed by atoms with E-state index in [9.17, 15) is 4.39 Å². The molecule has 0 radical (unpaired) electrons. The van der Waals surface area contributed by atoms with Crippen molar-refractivity contribution in [3.8, 4) is 17.3 Å².